The fourth-order valence-corrected chi connectivity index (χ4v) is 1.65. The molecule has 5 nitrogen and oxygen atoms in total. The van der Waals surface area contributed by atoms with E-state index in [1.54, 1.807) is 18.2 Å². The number of nitriles is 1. The molecule has 0 aliphatic heterocycles. The molecule has 0 aliphatic rings. The van der Waals surface area contributed by atoms with E-state index < -0.39 is 4.92 Å². The number of rotatable bonds is 3. The Hall–Kier alpha value is -2.87. The third-order valence-electron chi connectivity index (χ3n) is 2.58. The monoisotopic (exact) mass is 254 g/mol. The van der Waals surface area contributed by atoms with Crippen molar-refractivity contribution in [1.82, 2.24) is 0 Å². The van der Waals surface area contributed by atoms with Gasteiger partial charge in [-0.1, -0.05) is 18.2 Å². The van der Waals surface area contributed by atoms with Gasteiger partial charge in [0, 0.05) is 6.07 Å². The van der Waals surface area contributed by atoms with Crippen LogP contribution in [0.1, 0.15) is 11.1 Å². The van der Waals surface area contributed by atoms with E-state index in [0.717, 1.165) is 5.56 Å². The summed E-state index contributed by atoms with van der Waals surface area (Å²) in [4.78, 5) is 10.2. The van der Waals surface area contributed by atoms with Gasteiger partial charge in [-0.3, -0.25) is 10.1 Å². The minimum absolute atomic E-state index is 0.0513. The molecule has 0 aliphatic carbocycles. The summed E-state index contributed by atoms with van der Waals surface area (Å²) in [5, 5.41) is 19.7. The first-order chi connectivity index (χ1) is 9.11. The minimum Gasteiger partial charge on any atom is -0.455 e. The first-order valence-electron chi connectivity index (χ1n) is 5.54. The first kappa shape index (κ1) is 12.6. The van der Waals surface area contributed by atoms with Gasteiger partial charge in [0.2, 0.25) is 0 Å². The Morgan fingerprint density at radius 3 is 2.68 bits per heavy atom. The summed E-state index contributed by atoms with van der Waals surface area (Å²) in [7, 11) is 0. The van der Waals surface area contributed by atoms with Crippen molar-refractivity contribution in [3.8, 4) is 17.6 Å². The standard InChI is InChI=1S/C14H10N2O3/c1-10-4-2-5-11(9-15)14(10)19-13-7-3-6-12(8-13)16(17)18/h2-8H,1H3. The molecular weight excluding hydrogens is 244 g/mol. The molecule has 0 bridgehead atoms. The summed E-state index contributed by atoms with van der Waals surface area (Å²) in [6.45, 7) is 1.81. The van der Waals surface area contributed by atoms with Gasteiger partial charge >= 0.3 is 0 Å². The molecule has 0 heterocycles. The molecule has 0 amide bonds. The van der Waals surface area contributed by atoms with Gasteiger partial charge in [0.15, 0.2) is 0 Å². The van der Waals surface area contributed by atoms with Crippen molar-refractivity contribution in [1.29, 1.82) is 5.26 Å². The van der Waals surface area contributed by atoms with Crippen molar-refractivity contribution in [2.24, 2.45) is 0 Å². The second-order valence-corrected chi connectivity index (χ2v) is 3.92. The minimum atomic E-state index is -0.490. The second-order valence-electron chi connectivity index (χ2n) is 3.92. The number of para-hydroxylation sites is 1. The second kappa shape index (κ2) is 5.19. The molecule has 0 N–H and O–H groups in total. The highest BCUT2D eigenvalue weighted by Gasteiger charge is 2.11. The predicted molar refractivity (Wildman–Crippen MR) is 69.1 cm³/mol. The maximum atomic E-state index is 10.7. The van der Waals surface area contributed by atoms with E-state index in [1.165, 1.54) is 18.2 Å². The van der Waals surface area contributed by atoms with Crippen LogP contribution in [0.4, 0.5) is 5.69 Å². The zero-order chi connectivity index (χ0) is 13.8. The zero-order valence-electron chi connectivity index (χ0n) is 10.2. The normalized spacial score (nSPS) is 9.68. The Balaban J connectivity index is 2.39. The molecule has 0 atom stereocenters. The van der Waals surface area contributed by atoms with E-state index in [0.29, 0.717) is 17.1 Å². The van der Waals surface area contributed by atoms with Crippen molar-refractivity contribution < 1.29 is 9.66 Å². The van der Waals surface area contributed by atoms with Gasteiger partial charge < -0.3 is 4.74 Å². The van der Waals surface area contributed by atoms with Crippen LogP contribution in [0, 0.1) is 28.4 Å². The molecule has 0 radical (unpaired) electrons. The lowest BCUT2D eigenvalue weighted by atomic mass is 10.1. The number of nitro groups is 1. The number of non-ortho nitro benzene ring substituents is 1. The molecule has 5 heteroatoms. The van der Waals surface area contributed by atoms with E-state index in [1.807, 2.05) is 19.1 Å². The van der Waals surface area contributed by atoms with Crippen LogP contribution in [-0.2, 0) is 0 Å². The van der Waals surface area contributed by atoms with Crippen molar-refractivity contribution in [2.75, 3.05) is 0 Å². The molecule has 0 aromatic heterocycles. The third kappa shape index (κ3) is 2.69. The Bertz CT molecular complexity index is 675. The summed E-state index contributed by atoms with van der Waals surface area (Å²) in [6.07, 6.45) is 0. The number of ether oxygens (including phenoxy) is 1. The highest BCUT2D eigenvalue weighted by molar-refractivity contribution is 5.50. The van der Waals surface area contributed by atoms with E-state index in [9.17, 15) is 10.1 Å². The van der Waals surface area contributed by atoms with Crippen LogP contribution in [0.3, 0.4) is 0 Å². The Labute approximate surface area is 109 Å². The Kier molecular flexibility index (Phi) is 3.44. The molecular formula is C14H10N2O3. The number of benzene rings is 2. The summed E-state index contributed by atoms with van der Waals surface area (Å²) in [6, 6.07) is 13.1. The Morgan fingerprint density at radius 1 is 1.26 bits per heavy atom. The van der Waals surface area contributed by atoms with Crippen LogP contribution in [0.2, 0.25) is 0 Å². The van der Waals surface area contributed by atoms with Crippen LogP contribution in [-0.4, -0.2) is 4.92 Å². The van der Waals surface area contributed by atoms with E-state index in [2.05, 4.69) is 0 Å². The summed E-state index contributed by atoms with van der Waals surface area (Å²) in [5.41, 5.74) is 1.14. The van der Waals surface area contributed by atoms with Crippen LogP contribution in [0.25, 0.3) is 0 Å². The first-order valence-corrected chi connectivity index (χ1v) is 5.54. The van der Waals surface area contributed by atoms with Crippen LogP contribution in [0.5, 0.6) is 11.5 Å². The lowest BCUT2D eigenvalue weighted by molar-refractivity contribution is -0.384. The lowest BCUT2D eigenvalue weighted by Crippen LogP contribution is -1.93. The molecule has 0 fully saturated rings. The van der Waals surface area contributed by atoms with Gasteiger partial charge in [-0.25, -0.2) is 0 Å². The van der Waals surface area contributed by atoms with Crippen molar-refractivity contribution in [2.45, 2.75) is 6.92 Å². The van der Waals surface area contributed by atoms with Gasteiger partial charge in [-0.15, -0.1) is 0 Å². The van der Waals surface area contributed by atoms with Gasteiger partial charge in [-0.2, -0.15) is 5.26 Å². The van der Waals surface area contributed by atoms with Gasteiger partial charge in [0.05, 0.1) is 16.6 Å². The van der Waals surface area contributed by atoms with Gasteiger partial charge in [-0.05, 0) is 24.6 Å². The molecule has 0 saturated heterocycles. The van der Waals surface area contributed by atoms with Gasteiger partial charge in [0.25, 0.3) is 5.69 Å². The topological polar surface area (TPSA) is 76.2 Å². The fourth-order valence-electron chi connectivity index (χ4n) is 1.65. The largest absolute Gasteiger partial charge is 0.455 e. The number of nitro benzene ring substituents is 1. The Morgan fingerprint density at radius 2 is 2.00 bits per heavy atom. The SMILES string of the molecule is Cc1cccc(C#N)c1Oc1cccc([N+](=O)[O-])c1. The fraction of sp³-hybridized carbons (Fsp3) is 0.0714. The maximum Gasteiger partial charge on any atom is 0.273 e. The zero-order valence-corrected chi connectivity index (χ0v) is 10.2. The van der Waals surface area contributed by atoms with Crippen molar-refractivity contribution >= 4 is 5.69 Å². The third-order valence-corrected chi connectivity index (χ3v) is 2.58. The van der Waals surface area contributed by atoms with E-state index in [4.69, 9.17) is 10.00 Å². The van der Waals surface area contributed by atoms with Crippen molar-refractivity contribution in [3.63, 3.8) is 0 Å². The summed E-state index contributed by atoms with van der Waals surface area (Å²) < 4.78 is 5.60. The summed E-state index contributed by atoms with van der Waals surface area (Å²) in [5.74, 6) is 0.755. The smallest absolute Gasteiger partial charge is 0.273 e. The molecule has 2 aromatic carbocycles. The predicted octanol–water partition coefficient (Wildman–Crippen LogP) is 3.57. The van der Waals surface area contributed by atoms with E-state index in [-0.39, 0.29) is 5.69 Å². The highest BCUT2D eigenvalue weighted by atomic mass is 16.6. The van der Waals surface area contributed by atoms with Crippen molar-refractivity contribution in [3.05, 3.63) is 63.7 Å². The van der Waals surface area contributed by atoms with Crippen LogP contribution >= 0.6 is 0 Å². The number of hydrogen-bond donors (Lipinski definition) is 0. The quantitative estimate of drug-likeness (QED) is 0.619. The van der Waals surface area contributed by atoms with Crippen LogP contribution in [0.15, 0.2) is 42.5 Å². The summed E-state index contributed by atoms with van der Waals surface area (Å²) >= 11 is 0. The number of nitrogens with zero attached hydrogens (tertiary/aromatic N) is 2. The molecule has 2 aromatic rings. The average Bonchev–Trinajstić information content (AvgIpc) is 2.41. The average molecular weight is 254 g/mol. The van der Waals surface area contributed by atoms with E-state index >= 15 is 0 Å². The number of aryl methyl sites for hydroxylation is 1. The molecule has 0 unspecified atom stereocenters. The molecule has 0 saturated carbocycles. The number of hydrogen-bond acceptors (Lipinski definition) is 4. The highest BCUT2D eigenvalue weighted by Crippen LogP contribution is 2.30. The molecule has 19 heavy (non-hydrogen) atoms. The van der Waals surface area contributed by atoms with Crippen LogP contribution < -0.4 is 4.74 Å². The van der Waals surface area contributed by atoms with Gasteiger partial charge in [0.1, 0.15) is 17.6 Å². The molecule has 2 rings (SSSR count). The molecule has 94 valence electrons. The lowest BCUT2D eigenvalue weighted by Gasteiger charge is -2.09. The maximum absolute atomic E-state index is 10.7. The molecule has 0 spiro atoms.